The highest BCUT2D eigenvalue weighted by Gasteiger charge is 2.13. The van der Waals surface area contributed by atoms with E-state index in [4.69, 9.17) is 9.47 Å². The predicted octanol–water partition coefficient (Wildman–Crippen LogP) is 11.7. The Morgan fingerprint density at radius 3 is 1.65 bits per heavy atom. The van der Waals surface area contributed by atoms with Gasteiger partial charge >= 0.3 is 11.9 Å². The number of aliphatic hydroxyl groups excluding tert-OH is 1. The molecule has 0 aromatic rings. The van der Waals surface area contributed by atoms with Gasteiger partial charge in [-0.3, -0.25) is 4.79 Å². The fraction of sp³-hybridized carbons (Fsp3) is 0.905. The summed E-state index contributed by atoms with van der Waals surface area (Å²) in [5.74, 6) is -0.208. The second-order valence-electron chi connectivity index (χ2n) is 14.1. The van der Waals surface area contributed by atoms with E-state index in [1.807, 2.05) is 6.08 Å². The van der Waals surface area contributed by atoms with Crippen molar-refractivity contribution in [2.75, 3.05) is 32.8 Å². The number of nitrogens with zero attached hydrogens (tertiary/aromatic N) is 1. The molecule has 0 aromatic carbocycles. The van der Waals surface area contributed by atoms with E-state index in [9.17, 15) is 14.7 Å². The van der Waals surface area contributed by atoms with Crippen molar-refractivity contribution < 1.29 is 24.2 Å². The zero-order valence-electron chi connectivity index (χ0n) is 32.3. The molecule has 0 aliphatic carbocycles. The topological polar surface area (TPSA) is 76.1 Å². The number of ether oxygens (including phenoxy) is 2. The third-order valence-electron chi connectivity index (χ3n) is 9.42. The van der Waals surface area contributed by atoms with Gasteiger partial charge in [0.1, 0.15) is 6.10 Å². The summed E-state index contributed by atoms with van der Waals surface area (Å²) in [6.07, 6.45) is 37.0. The summed E-state index contributed by atoms with van der Waals surface area (Å²) < 4.78 is 11.3. The quantitative estimate of drug-likeness (QED) is 0.0398. The van der Waals surface area contributed by atoms with Crippen LogP contribution in [0.25, 0.3) is 0 Å². The van der Waals surface area contributed by atoms with Gasteiger partial charge in [-0.05, 0) is 77.3 Å². The lowest BCUT2D eigenvalue weighted by Crippen LogP contribution is -2.29. The van der Waals surface area contributed by atoms with E-state index < -0.39 is 0 Å². The Balaban J connectivity index is 3.96. The van der Waals surface area contributed by atoms with Crippen LogP contribution in [0.2, 0.25) is 0 Å². The van der Waals surface area contributed by atoms with Crippen LogP contribution < -0.4 is 0 Å². The number of rotatable bonds is 38. The maximum absolute atomic E-state index is 12.5. The van der Waals surface area contributed by atoms with Gasteiger partial charge in [-0.2, -0.15) is 0 Å². The molecule has 48 heavy (non-hydrogen) atoms. The van der Waals surface area contributed by atoms with Crippen LogP contribution >= 0.6 is 0 Å². The summed E-state index contributed by atoms with van der Waals surface area (Å²) >= 11 is 0. The highest BCUT2D eigenvalue weighted by Crippen LogP contribution is 2.17. The van der Waals surface area contributed by atoms with Gasteiger partial charge < -0.3 is 19.5 Å². The molecular formula is C42H81NO5. The number of esters is 2. The summed E-state index contributed by atoms with van der Waals surface area (Å²) in [4.78, 5) is 26.8. The second kappa shape index (κ2) is 38.4. The molecule has 0 radical (unpaired) electrons. The molecule has 0 saturated carbocycles. The first kappa shape index (κ1) is 46.6. The van der Waals surface area contributed by atoms with Crippen LogP contribution in [-0.2, 0) is 19.1 Å². The normalized spacial score (nSPS) is 12.3. The van der Waals surface area contributed by atoms with Crippen LogP contribution in [0, 0.1) is 0 Å². The largest absolute Gasteiger partial charge is 0.466 e. The highest BCUT2D eigenvalue weighted by molar-refractivity contribution is 5.82. The van der Waals surface area contributed by atoms with E-state index in [2.05, 4.69) is 25.7 Å². The number of hydrogen-bond donors (Lipinski definition) is 1. The second-order valence-corrected chi connectivity index (χ2v) is 14.1. The summed E-state index contributed by atoms with van der Waals surface area (Å²) in [5.41, 5.74) is 0. The van der Waals surface area contributed by atoms with E-state index in [0.29, 0.717) is 13.0 Å². The maximum atomic E-state index is 12.5. The zero-order chi connectivity index (χ0) is 35.2. The van der Waals surface area contributed by atoms with Crippen molar-refractivity contribution in [2.24, 2.45) is 0 Å². The first-order valence-electron chi connectivity index (χ1n) is 20.9. The standard InChI is InChI=1S/C42H81NO5/c1-4-7-10-13-15-23-30-39-47-41(45)33-26-19-16-21-28-35-43(37-38-44)36-29-22-17-20-27-34-42(46)48-40(31-24-12-9-6-3)32-25-18-14-11-8-5-2/h27,34,40,44H,4-26,28-33,35-39H2,1-3H3/b34-27-. The molecule has 1 N–H and O–H groups in total. The van der Waals surface area contributed by atoms with E-state index in [-0.39, 0.29) is 24.6 Å². The molecule has 0 aromatic heterocycles. The molecule has 0 aliphatic heterocycles. The number of allylic oxidation sites excluding steroid dienone is 1. The Morgan fingerprint density at radius 1 is 0.583 bits per heavy atom. The SMILES string of the molecule is CCCCCCCCCOC(=O)CCCCCCCN(CCO)CCCCC/C=C\C(=O)OC(CCCCCC)CCCCCCCC. The van der Waals surface area contributed by atoms with Gasteiger partial charge in [0.2, 0.25) is 0 Å². The first-order chi connectivity index (χ1) is 23.6. The minimum Gasteiger partial charge on any atom is -0.466 e. The Morgan fingerprint density at radius 2 is 1.06 bits per heavy atom. The summed E-state index contributed by atoms with van der Waals surface area (Å²) in [7, 11) is 0. The van der Waals surface area contributed by atoms with E-state index in [0.717, 1.165) is 110 Å². The van der Waals surface area contributed by atoms with Gasteiger partial charge in [0.25, 0.3) is 0 Å². The van der Waals surface area contributed by atoms with Crippen LogP contribution in [0.5, 0.6) is 0 Å². The molecule has 0 fully saturated rings. The number of carbonyl (C=O) groups excluding carboxylic acids is 2. The Labute approximate surface area is 298 Å². The number of hydrogen-bond acceptors (Lipinski definition) is 6. The van der Waals surface area contributed by atoms with Crippen LogP contribution in [0.3, 0.4) is 0 Å². The number of aliphatic hydroxyl groups is 1. The molecule has 0 heterocycles. The zero-order valence-corrected chi connectivity index (χ0v) is 32.3. The summed E-state index contributed by atoms with van der Waals surface area (Å²) in [6, 6.07) is 0. The molecule has 0 amide bonds. The smallest absolute Gasteiger partial charge is 0.330 e. The van der Waals surface area contributed by atoms with Crippen LogP contribution in [0.1, 0.15) is 207 Å². The molecule has 1 atom stereocenters. The molecule has 0 bridgehead atoms. The van der Waals surface area contributed by atoms with Crippen LogP contribution in [-0.4, -0.2) is 60.9 Å². The average molecular weight is 680 g/mol. The molecular weight excluding hydrogens is 598 g/mol. The maximum Gasteiger partial charge on any atom is 0.330 e. The molecule has 0 rings (SSSR count). The van der Waals surface area contributed by atoms with Gasteiger partial charge in [-0.15, -0.1) is 0 Å². The minimum atomic E-state index is -0.172. The fourth-order valence-electron chi connectivity index (χ4n) is 6.30. The third kappa shape index (κ3) is 34.5. The van der Waals surface area contributed by atoms with E-state index >= 15 is 0 Å². The molecule has 0 saturated heterocycles. The van der Waals surface area contributed by atoms with Crippen LogP contribution in [0.4, 0.5) is 0 Å². The molecule has 6 nitrogen and oxygen atoms in total. The van der Waals surface area contributed by atoms with Crippen molar-refractivity contribution in [3.8, 4) is 0 Å². The van der Waals surface area contributed by atoms with Crippen molar-refractivity contribution in [1.82, 2.24) is 4.90 Å². The van der Waals surface area contributed by atoms with Crippen molar-refractivity contribution in [3.63, 3.8) is 0 Å². The van der Waals surface area contributed by atoms with Crippen molar-refractivity contribution in [3.05, 3.63) is 12.2 Å². The highest BCUT2D eigenvalue weighted by atomic mass is 16.5. The Bertz CT molecular complexity index is 712. The summed E-state index contributed by atoms with van der Waals surface area (Å²) in [5, 5.41) is 9.51. The third-order valence-corrected chi connectivity index (χ3v) is 9.42. The molecule has 1 unspecified atom stereocenters. The molecule has 284 valence electrons. The Hall–Kier alpha value is -1.40. The van der Waals surface area contributed by atoms with Gasteiger partial charge in [0, 0.05) is 19.0 Å². The van der Waals surface area contributed by atoms with Crippen molar-refractivity contribution >= 4 is 11.9 Å². The van der Waals surface area contributed by atoms with Crippen molar-refractivity contribution in [1.29, 1.82) is 0 Å². The molecule has 6 heteroatoms. The lowest BCUT2D eigenvalue weighted by molar-refractivity contribution is -0.144. The van der Waals surface area contributed by atoms with Crippen molar-refractivity contribution in [2.45, 2.75) is 213 Å². The number of carbonyl (C=O) groups is 2. The molecule has 0 spiro atoms. The van der Waals surface area contributed by atoms with Gasteiger partial charge in [0.05, 0.1) is 13.2 Å². The van der Waals surface area contributed by atoms with Gasteiger partial charge in [0.15, 0.2) is 0 Å². The minimum absolute atomic E-state index is 0.0360. The van der Waals surface area contributed by atoms with Gasteiger partial charge in [-0.25, -0.2) is 4.79 Å². The monoisotopic (exact) mass is 680 g/mol. The lowest BCUT2D eigenvalue weighted by atomic mass is 10.0. The van der Waals surface area contributed by atoms with Gasteiger partial charge in [-0.1, -0.05) is 142 Å². The average Bonchev–Trinajstić information content (AvgIpc) is 3.08. The van der Waals surface area contributed by atoms with Crippen LogP contribution in [0.15, 0.2) is 12.2 Å². The van der Waals surface area contributed by atoms with E-state index in [1.54, 1.807) is 6.08 Å². The Kier molecular flexibility index (Phi) is 37.3. The first-order valence-corrected chi connectivity index (χ1v) is 20.9. The lowest BCUT2D eigenvalue weighted by Gasteiger charge is -2.21. The fourth-order valence-corrected chi connectivity index (χ4v) is 6.30. The molecule has 0 aliphatic rings. The van der Waals surface area contributed by atoms with E-state index in [1.165, 1.54) is 89.9 Å². The number of unbranched alkanes of at least 4 members (excludes halogenated alkanes) is 21. The summed E-state index contributed by atoms with van der Waals surface area (Å²) in [6.45, 7) is 10.3. The predicted molar refractivity (Wildman–Crippen MR) is 204 cm³/mol.